The first-order valence-corrected chi connectivity index (χ1v) is 6.92. The molecule has 0 bridgehead atoms. The molecule has 0 amide bonds. The minimum absolute atomic E-state index is 0.108. The van der Waals surface area contributed by atoms with Gasteiger partial charge in [-0.25, -0.2) is 8.42 Å². The number of nitrogens with two attached hydrogens (primary N) is 1. The van der Waals surface area contributed by atoms with E-state index in [0.29, 0.717) is 12.2 Å². The average molecular weight is 296 g/mol. The van der Waals surface area contributed by atoms with Gasteiger partial charge in [-0.15, -0.1) is 0 Å². The number of hydrogen-bond acceptors (Lipinski definition) is 4. The summed E-state index contributed by atoms with van der Waals surface area (Å²) in [6.45, 7) is 2.30. The van der Waals surface area contributed by atoms with E-state index in [9.17, 15) is 21.6 Å². The first-order chi connectivity index (χ1) is 8.55. The van der Waals surface area contributed by atoms with Gasteiger partial charge in [0.05, 0.1) is 4.90 Å². The van der Waals surface area contributed by atoms with Crippen molar-refractivity contribution in [2.75, 3.05) is 18.5 Å². The van der Waals surface area contributed by atoms with Crippen LogP contribution in [-0.4, -0.2) is 33.6 Å². The zero-order chi connectivity index (χ0) is 14.8. The Morgan fingerprint density at radius 2 is 1.74 bits per heavy atom. The second-order valence-electron chi connectivity index (χ2n) is 4.30. The fraction of sp³-hybridized carbons (Fsp3) is 0.455. The highest BCUT2D eigenvalue weighted by atomic mass is 32.2. The summed E-state index contributed by atoms with van der Waals surface area (Å²) >= 11 is 0. The molecule has 1 unspecified atom stereocenters. The minimum Gasteiger partial charge on any atom is -0.373 e. The summed E-state index contributed by atoms with van der Waals surface area (Å²) in [6, 6.07) is 4.41. The van der Waals surface area contributed by atoms with Crippen LogP contribution in [0, 0.1) is 0 Å². The molecular formula is C11H15F3N2O2S. The van der Waals surface area contributed by atoms with Crippen molar-refractivity contribution in [3.8, 4) is 0 Å². The lowest BCUT2D eigenvalue weighted by Gasteiger charge is -2.21. The highest BCUT2D eigenvalue weighted by Crippen LogP contribution is 2.30. The molecule has 0 fully saturated rings. The molecule has 108 valence electrons. The molecule has 0 saturated carbocycles. The Morgan fingerprint density at radius 3 is 2.11 bits per heavy atom. The van der Waals surface area contributed by atoms with Crippen molar-refractivity contribution in [3.63, 3.8) is 0 Å². The summed E-state index contributed by atoms with van der Waals surface area (Å²) in [5.74, 6) is 0. The topological polar surface area (TPSA) is 63.4 Å². The molecular weight excluding hydrogens is 281 g/mol. The van der Waals surface area contributed by atoms with E-state index in [4.69, 9.17) is 5.73 Å². The van der Waals surface area contributed by atoms with Crippen molar-refractivity contribution in [1.29, 1.82) is 0 Å². The van der Waals surface area contributed by atoms with Crippen LogP contribution in [-0.2, 0) is 9.84 Å². The van der Waals surface area contributed by atoms with Gasteiger partial charge in [0.15, 0.2) is 0 Å². The van der Waals surface area contributed by atoms with Gasteiger partial charge in [0.1, 0.15) is 0 Å². The molecule has 0 saturated heterocycles. The maximum absolute atomic E-state index is 12.3. The zero-order valence-electron chi connectivity index (χ0n) is 10.5. The fourth-order valence-electron chi connectivity index (χ4n) is 1.55. The van der Waals surface area contributed by atoms with Crippen molar-refractivity contribution in [2.45, 2.75) is 23.4 Å². The molecule has 19 heavy (non-hydrogen) atoms. The molecule has 0 aliphatic carbocycles. The number of anilines is 1. The number of nitrogens with zero attached hydrogens (tertiary/aromatic N) is 1. The van der Waals surface area contributed by atoms with E-state index in [0.717, 1.165) is 12.1 Å². The third-order valence-electron chi connectivity index (χ3n) is 2.45. The number of benzene rings is 1. The van der Waals surface area contributed by atoms with Gasteiger partial charge >= 0.3 is 5.51 Å². The normalized spacial score (nSPS) is 14.2. The molecule has 0 aliphatic rings. The smallest absolute Gasteiger partial charge is 0.373 e. The van der Waals surface area contributed by atoms with Crippen LogP contribution in [0.1, 0.15) is 6.92 Å². The Bertz CT molecular complexity index is 524. The fourth-order valence-corrected chi connectivity index (χ4v) is 2.31. The summed E-state index contributed by atoms with van der Waals surface area (Å²) in [5, 5.41) is 0. The quantitative estimate of drug-likeness (QED) is 0.919. The largest absolute Gasteiger partial charge is 0.501 e. The van der Waals surface area contributed by atoms with Crippen molar-refractivity contribution >= 4 is 15.5 Å². The SMILES string of the molecule is CC(N)CN(C)c1ccc(S(=O)(=O)C(F)(F)F)cc1. The summed E-state index contributed by atoms with van der Waals surface area (Å²) < 4.78 is 59.3. The van der Waals surface area contributed by atoms with Gasteiger partial charge in [-0.1, -0.05) is 0 Å². The highest BCUT2D eigenvalue weighted by Gasteiger charge is 2.46. The monoisotopic (exact) mass is 296 g/mol. The molecule has 0 radical (unpaired) electrons. The van der Waals surface area contributed by atoms with Crippen LogP contribution in [0.15, 0.2) is 29.2 Å². The van der Waals surface area contributed by atoms with E-state index in [2.05, 4.69) is 0 Å². The third-order valence-corrected chi connectivity index (χ3v) is 3.96. The number of alkyl halides is 3. The summed E-state index contributed by atoms with van der Waals surface area (Å²) in [5.41, 5.74) is 0.911. The lowest BCUT2D eigenvalue weighted by molar-refractivity contribution is -0.0436. The van der Waals surface area contributed by atoms with Gasteiger partial charge in [-0.3, -0.25) is 0 Å². The predicted molar refractivity (Wildman–Crippen MR) is 66.6 cm³/mol. The summed E-state index contributed by atoms with van der Waals surface area (Å²) in [7, 11) is -3.57. The summed E-state index contributed by atoms with van der Waals surface area (Å²) in [6.07, 6.45) is 0. The Morgan fingerprint density at radius 1 is 1.26 bits per heavy atom. The molecule has 1 aromatic carbocycles. The molecule has 2 N–H and O–H groups in total. The van der Waals surface area contributed by atoms with Crippen LogP contribution >= 0.6 is 0 Å². The van der Waals surface area contributed by atoms with E-state index < -0.39 is 20.2 Å². The van der Waals surface area contributed by atoms with E-state index in [1.165, 1.54) is 12.1 Å². The number of sulfone groups is 1. The van der Waals surface area contributed by atoms with Gasteiger partial charge < -0.3 is 10.6 Å². The third kappa shape index (κ3) is 3.60. The molecule has 8 heteroatoms. The molecule has 0 aliphatic heterocycles. The van der Waals surface area contributed by atoms with E-state index in [1.54, 1.807) is 18.9 Å². The Labute approximate surface area is 109 Å². The van der Waals surface area contributed by atoms with Crippen molar-refractivity contribution < 1.29 is 21.6 Å². The van der Waals surface area contributed by atoms with Gasteiger partial charge in [0.25, 0.3) is 9.84 Å². The van der Waals surface area contributed by atoms with Crippen LogP contribution in [0.4, 0.5) is 18.9 Å². The van der Waals surface area contributed by atoms with Crippen LogP contribution < -0.4 is 10.6 Å². The zero-order valence-corrected chi connectivity index (χ0v) is 11.3. The molecule has 0 spiro atoms. The number of rotatable bonds is 4. The first kappa shape index (κ1) is 15.8. The molecule has 1 rings (SSSR count). The van der Waals surface area contributed by atoms with Crippen LogP contribution in [0.2, 0.25) is 0 Å². The number of likely N-dealkylation sites (N-methyl/N-ethyl adjacent to an activating group) is 1. The second-order valence-corrected chi connectivity index (χ2v) is 6.24. The molecule has 0 aromatic heterocycles. The molecule has 1 aromatic rings. The van der Waals surface area contributed by atoms with Crippen LogP contribution in [0.25, 0.3) is 0 Å². The Balaban J connectivity index is 3.01. The summed E-state index contributed by atoms with van der Waals surface area (Å²) in [4.78, 5) is 0.965. The van der Waals surface area contributed by atoms with Crippen molar-refractivity contribution in [2.24, 2.45) is 5.73 Å². The lowest BCUT2D eigenvalue weighted by Crippen LogP contribution is -2.32. The van der Waals surface area contributed by atoms with Crippen molar-refractivity contribution in [3.05, 3.63) is 24.3 Å². The molecule has 4 nitrogen and oxygen atoms in total. The average Bonchev–Trinajstić information content (AvgIpc) is 2.26. The highest BCUT2D eigenvalue weighted by molar-refractivity contribution is 7.92. The molecule has 0 heterocycles. The van der Waals surface area contributed by atoms with E-state index >= 15 is 0 Å². The van der Waals surface area contributed by atoms with Gasteiger partial charge in [0, 0.05) is 25.3 Å². The van der Waals surface area contributed by atoms with E-state index in [-0.39, 0.29) is 6.04 Å². The second kappa shape index (κ2) is 5.38. The lowest BCUT2D eigenvalue weighted by atomic mass is 10.2. The standard InChI is InChI=1S/C11H15F3N2O2S/c1-8(15)7-16(2)9-3-5-10(6-4-9)19(17,18)11(12,13)14/h3-6,8H,7,15H2,1-2H3. The maximum Gasteiger partial charge on any atom is 0.501 e. The van der Waals surface area contributed by atoms with Gasteiger partial charge in [-0.05, 0) is 31.2 Å². The van der Waals surface area contributed by atoms with Crippen molar-refractivity contribution in [1.82, 2.24) is 0 Å². The predicted octanol–water partition coefficient (Wildman–Crippen LogP) is 1.76. The van der Waals surface area contributed by atoms with Gasteiger partial charge in [0.2, 0.25) is 0 Å². The molecule has 1 atom stereocenters. The number of halogens is 3. The van der Waals surface area contributed by atoms with Crippen LogP contribution in [0.5, 0.6) is 0 Å². The Hall–Kier alpha value is -1.28. The maximum atomic E-state index is 12.3. The van der Waals surface area contributed by atoms with Crippen LogP contribution in [0.3, 0.4) is 0 Å². The first-order valence-electron chi connectivity index (χ1n) is 5.44. The Kier molecular flexibility index (Phi) is 4.46. The number of hydrogen-bond donors (Lipinski definition) is 1. The minimum atomic E-state index is -5.29. The van der Waals surface area contributed by atoms with E-state index in [1.807, 2.05) is 0 Å². The van der Waals surface area contributed by atoms with Gasteiger partial charge in [-0.2, -0.15) is 13.2 Å².